The number of nitrogens with one attached hydrogen (secondary N) is 2. The summed E-state index contributed by atoms with van der Waals surface area (Å²) in [6, 6.07) is 17.8. The van der Waals surface area contributed by atoms with Crippen molar-refractivity contribution in [3.8, 4) is 0 Å². The van der Waals surface area contributed by atoms with E-state index in [1.165, 1.54) is 4.90 Å². The van der Waals surface area contributed by atoms with Crippen LogP contribution in [0.1, 0.15) is 24.5 Å². The van der Waals surface area contributed by atoms with Gasteiger partial charge in [-0.3, -0.25) is 4.79 Å². The Bertz CT molecular complexity index is 942. The number of benzene rings is 2. The topological polar surface area (TPSA) is 46.4 Å². The lowest BCUT2D eigenvalue weighted by Gasteiger charge is -2.19. The Balaban J connectivity index is 1.73. The van der Waals surface area contributed by atoms with Gasteiger partial charge in [-0.15, -0.1) is 0 Å². The van der Waals surface area contributed by atoms with E-state index in [9.17, 15) is 4.79 Å². The molecule has 0 radical (unpaired) electrons. The number of anilines is 1. The van der Waals surface area contributed by atoms with Crippen LogP contribution >= 0.6 is 11.6 Å². The maximum Gasteiger partial charge on any atom is 0.279 e. The number of halogens is 1. The molecule has 0 saturated heterocycles. The molecule has 2 aromatic carbocycles. The first-order valence-electron chi connectivity index (χ1n) is 9.30. The second-order valence-electron chi connectivity index (χ2n) is 6.85. The maximum absolute atomic E-state index is 12.6. The number of quaternary nitrogens is 1. The quantitative estimate of drug-likeness (QED) is 0.613. The Morgan fingerprint density at radius 2 is 1.89 bits per heavy atom. The van der Waals surface area contributed by atoms with Crippen molar-refractivity contribution in [1.82, 2.24) is 4.98 Å². The Morgan fingerprint density at radius 3 is 2.67 bits per heavy atom. The summed E-state index contributed by atoms with van der Waals surface area (Å²) in [4.78, 5) is 18.2. The first kappa shape index (κ1) is 19.3. The van der Waals surface area contributed by atoms with Crippen molar-refractivity contribution in [2.75, 3.05) is 18.4 Å². The van der Waals surface area contributed by atoms with Gasteiger partial charge < -0.3 is 10.2 Å². The van der Waals surface area contributed by atoms with E-state index >= 15 is 0 Å². The van der Waals surface area contributed by atoms with Crippen molar-refractivity contribution in [3.63, 3.8) is 0 Å². The minimum absolute atomic E-state index is 0.0117. The van der Waals surface area contributed by atoms with Gasteiger partial charge in [0.05, 0.1) is 12.1 Å². The van der Waals surface area contributed by atoms with E-state index in [0.29, 0.717) is 18.2 Å². The zero-order valence-corrected chi connectivity index (χ0v) is 16.5. The molecule has 0 bridgehead atoms. The van der Waals surface area contributed by atoms with Gasteiger partial charge >= 0.3 is 0 Å². The molecule has 0 fully saturated rings. The number of para-hydroxylation sites is 2. The van der Waals surface area contributed by atoms with Crippen LogP contribution in [-0.2, 0) is 11.3 Å². The predicted octanol–water partition coefficient (Wildman–Crippen LogP) is 3.63. The fraction of sp³-hybridized carbons (Fsp3) is 0.273. The fourth-order valence-electron chi connectivity index (χ4n) is 3.26. The van der Waals surface area contributed by atoms with Crippen LogP contribution < -0.4 is 10.2 Å². The Kier molecular flexibility index (Phi) is 6.43. The third-order valence-electron chi connectivity index (χ3n) is 4.62. The zero-order valence-electron chi connectivity index (χ0n) is 15.8. The predicted molar refractivity (Wildman–Crippen MR) is 111 cm³/mol. The lowest BCUT2D eigenvalue weighted by Crippen LogP contribution is -3.11. The van der Waals surface area contributed by atoms with Crippen LogP contribution in [0.3, 0.4) is 0 Å². The second-order valence-corrected chi connectivity index (χ2v) is 7.21. The van der Waals surface area contributed by atoms with E-state index in [2.05, 4.69) is 23.3 Å². The highest BCUT2D eigenvalue weighted by molar-refractivity contribution is 6.30. The van der Waals surface area contributed by atoms with Gasteiger partial charge in [0.25, 0.3) is 5.91 Å². The number of fused-ring (bicyclic) bond motifs is 1. The minimum Gasteiger partial charge on any atom is -0.323 e. The van der Waals surface area contributed by atoms with Crippen molar-refractivity contribution in [1.29, 1.82) is 0 Å². The first-order valence-corrected chi connectivity index (χ1v) is 9.68. The van der Waals surface area contributed by atoms with Gasteiger partial charge in [-0.2, -0.15) is 0 Å². The number of pyridine rings is 1. The molecule has 0 aliphatic carbocycles. The van der Waals surface area contributed by atoms with E-state index in [0.717, 1.165) is 40.7 Å². The molecule has 1 unspecified atom stereocenters. The largest absolute Gasteiger partial charge is 0.323 e. The average Bonchev–Trinajstić information content (AvgIpc) is 2.64. The molecule has 2 N–H and O–H groups in total. The van der Waals surface area contributed by atoms with Gasteiger partial charge in [-0.1, -0.05) is 54.9 Å². The minimum atomic E-state index is 0.0117. The molecule has 0 aliphatic heterocycles. The molecule has 1 aromatic heterocycles. The van der Waals surface area contributed by atoms with Crippen LogP contribution in [0.4, 0.5) is 5.69 Å². The van der Waals surface area contributed by atoms with Gasteiger partial charge in [0.15, 0.2) is 6.54 Å². The van der Waals surface area contributed by atoms with Crippen LogP contribution in [0.5, 0.6) is 0 Å². The Hall–Kier alpha value is -2.43. The molecule has 27 heavy (non-hydrogen) atoms. The van der Waals surface area contributed by atoms with Gasteiger partial charge in [-0.25, -0.2) is 4.98 Å². The van der Waals surface area contributed by atoms with Gasteiger partial charge in [0.2, 0.25) is 0 Å². The van der Waals surface area contributed by atoms with Crippen LogP contribution in [0.15, 0.2) is 54.6 Å². The molecular formula is C22H25ClN3O+. The Labute approximate surface area is 165 Å². The molecule has 1 atom stereocenters. The number of aryl methyl sites for hydroxylation is 1. The summed E-state index contributed by atoms with van der Waals surface area (Å²) in [5.74, 6) is 0.0117. The van der Waals surface area contributed by atoms with E-state index in [1.54, 1.807) is 0 Å². The highest BCUT2D eigenvalue weighted by atomic mass is 35.5. The highest BCUT2D eigenvalue weighted by Crippen LogP contribution is 2.19. The number of nitrogens with zero attached hydrogens (tertiary/aromatic N) is 1. The van der Waals surface area contributed by atoms with Crippen molar-refractivity contribution in [2.24, 2.45) is 0 Å². The number of carbonyl (C=O) groups is 1. The molecule has 4 nitrogen and oxygen atoms in total. The van der Waals surface area contributed by atoms with Crippen LogP contribution in [0.2, 0.25) is 5.15 Å². The summed E-state index contributed by atoms with van der Waals surface area (Å²) >= 11 is 6.41. The summed E-state index contributed by atoms with van der Waals surface area (Å²) in [6.45, 7) is 6.08. The standard InChI is InChI=1S/C22H24ClN3O/c1-3-12-26(15-21(27)24-19-10-6-4-8-16(19)2)14-18-13-17-9-5-7-11-20(17)25-22(18)23/h4-11,13H,3,12,14-15H2,1-2H3,(H,24,27)/p+1. The number of carbonyl (C=O) groups excluding carboxylic acids is 1. The summed E-state index contributed by atoms with van der Waals surface area (Å²) in [5.41, 5.74) is 3.79. The van der Waals surface area contributed by atoms with Crippen molar-refractivity contribution in [3.05, 3.63) is 70.9 Å². The summed E-state index contributed by atoms with van der Waals surface area (Å²) in [5, 5.41) is 4.60. The number of amides is 1. The molecule has 5 heteroatoms. The molecular weight excluding hydrogens is 358 g/mol. The van der Waals surface area contributed by atoms with Gasteiger partial charge in [0.1, 0.15) is 11.7 Å². The molecule has 0 aliphatic rings. The Morgan fingerprint density at radius 1 is 1.15 bits per heavy atom. The van der Waals surface area contributed by atoms with Crippen LogP contribution in [-0.4, -0.2) is 24.0 Å². The summed E-state index contributed by atoms with van der Waals surface area (Å²) in [6.07, 6.45) is 0.992. The van der Waals surface area contributed by atoms with Crippen molar-refractivity contribution >= 4 is 34.1 Å². The van der Waals surface area contributed by atoms with Crippen LogP contribution in [0, 0.1) is 6.92 Å². The molecule has 1 amide bonds. The number of hydrogen-bond acceptors (Lipinski definition) is 2. The zero-order chi connectivity index (χ0) is 19.2. The third-order valence-corrected chi connectivity index (χ3v) is 4.95. The molecule has 3 aromatic rings. The molecule has 0 saturated carbocycles. The third kappa shape index (κ3) is 5.06. The number of aromatic nitrogens is 1. The lowest BCUT2D eigenvalue weighted by molar-refractivity contribution is -0.905. The molecule has 140 valence electrons. The van der Waals surface area contributed by atoms with Crippen molar-refractivity contribution in [2.45, 2.75) is 26.8 Å². The summed E-state index contributed by atoms with van der Waals surface area (Å²) < 4.78 is 0. The van der Waals surface area contributed by atoms with Gasteiger partial charge in [0, 0.05) is 16.6 Å². The lowest BCUT2D eigenvalue weighted by atomic mass is 10.1. The van der Waals surface area contributed by atoms with Crippen molar-refractivity contribution < 1.29 is 9.69 Å². The monoisotopic (exact) mass is 382 g/mol. The second kappa shape index (κ2) is 8.98. The summed E-state index contributed by atoms with van der Waals surface area (Å²) in [7, 11) is 0. The van der Waals surface area contributed by atoms with Gasteiger partial charge in [-0.05, 0) is 37.1 Å². The van der Waals surface area contributed by atoms with E-state index in [-0.39, 0.29) is 5.91 Å². The fourth-order valence-corrected chi connectivity index (χ4v) is 3.47. The average molecular weight is 383 g/mol. The van der Waals surface area contributed by atoms with E-state index in [1.807, 2.05) is 55.5 Å². The molecule has 1 heterocycles. The molecule has 3 rings (SSSR count). The van der Waals surface area contributed by atoms with Crippen LogP contribution in [0.25, 0.3) is 10.9 Å². The SMILES string of the molecule is CCC[NH+](CC(=O)Nc1ccccc1C)Cc1cc2ccccc2nc1Cl. The normalized spacial score (nSPS) is 12.1. The smallest absolute Gasteiger partial charge is 0.279 e. The number of rotatable bonds is 7. The first-order chi connectivity index (χ1) is 13.1. The maximum atomic E-state index is 12.6. The van der Waals surface area contributed by atoms with E-state index < -0.39 is 0 Å². The molecule has 0 spiro atoms. The van der Waals surface area contributed by atoms with E-state index in [4.69, 9.17) is 11.6 Å². The highest BCUT2D eigenvalue weighted by Gasteiger charge is 2.17. The number of hydrogen-bond donors (Lipinski definition) is 2.